The van der Waals surface area contributed by atoms with Crippen molar-refractivity contribution < 1.29 is 18.3 Å². The molecule has 0 aromatic carbocycles. The van der Waals surface area contributed by atoms with Gasteiger partial charge in [0.1, 0.15) is 0 Å². The van der Waals surface area contributed by atoms with Gasteiger partial charge in [0.2, 0.25) is 0 Å². The van der Waals surface area contributed by atoms with E-state index in [0.717, 1.165) is 12.8 Å². The Hall–Kier alpha value is -0.290. The molecule has 0 aromatic rings. The number of rotatable bonds is 4. The molecule has 0 heterocycles. The first kappa shape index (κ1) is 15.8. The molecule has 0 aliphatic heterocycles. The van der Waals surface area contributed by atoms with E-state index in [2.05, 4.69) is 0 Å². The molecule has 1 N–H and O–H groups in total. The standard InChI is InChI=1S/C13H24F3NO/c1-4-9(5-2)17(3)12-8-10(18)6-7-11(12)13(14,15)16/h9-12,18H,4-8H2,1-3H3. The van der Waals surface area contributed by atoms with Crippen LogP contribution in [0.15, 0.2) is 0 Å². The zero-order chi connectivity index (χ0) is 13.9. The van der Waals surface area contributed by atoms with Gasteiger partial charge in [-0.15, -0.1) is 0 Å². The van der Waals surface area contributed by atoms with Gasteiger partial charge in [0, 0.05) is 12.1 Å². The molecule has 0 bridgehead atoms. The smallest absolute Gasteiger partial charge is 0.393 e. The summed E-state index contributed by atoms with van der Waals surface area (Å²) in [6, 6.07) is -0.427. The third kappa shape index (κ3) is 3.60. The van der Waals surface area contributed by atoms with Gasteiger partial charge in [0.05, 0.1) is 12.0 Å². The van der Waals surface area contributed by atoms with Crippen molar-refractivity contribution in [2.24, 2.45) is 5.92 Å². The monoisotopic (exact) mass is 267 g/mol. The quantitative estimate of drug-likeness (QED) is 0.845. The first-order valence-electron chi connectivity index (χ1n) is 6.77. The van der Waals surface area contributed by atoms with Crippen molar-refractivity contribution in [2.75, 3.05) is 7.05 Å². The van der Waals surface area contributed by atoms with Crippen molar-refractivity contribution in [3.05, 3.63) is 0 Å². The Balaban J connectivity index is 2.84. The van der Waals surface area contributed by atoms with E-state index in [1.165, 1.54) is 0 Å². The van der Waals surface area contributed by atoms with Crippen LogP contribution in [0.5, 0.6) is 0 Å². The molecular formula is C13H24F3NO. The van der Waals surface area contributed by atoms with E-state index in [1.54, 1.807) is 7.05 Å². The van der Waals surface area contributed by atoms with Crippen LogP contribution in [-0.4, -0.2) is 41.4 Å². The molecular weight excluding hydrogens is 243 g/mol. The Labute approximate surface area is 107 Å². The second kappa shape index (κ2) is 6.24. The summed E-state index contributed by atoms with van der Waals surface area (Å²) in [5.41, 5.74) is 0. The van der Waals surface area contributed by atoms with Crippen molar-refractivity contribution >= 4 is 0 Å². The van der Waals surface area contributed by atoms with Crippen molar-refractivity contribution in [1.82, 2.24) is 4.90 Å². The highest BCUT2D eigenvalue weighted by Gasteiger charge is 2.48. The maximum absolute atomic E-state index is 13.0. The van der Waals surface area contributed by atoms with Gasteiger partial charge in [-0.25, -0.2) is 0 Å². The van der Waals surface area contributed by atoms with Crippen molar-refractivity contribution in [2.45, 2.75) is 70.3 Å². The SMILES string of the molecule is CCC(CC)N(C)C1CC(O)CCC1C(F)(F)F. The molecule has 3 unspecified atom stereocenters. The zero-order valence-corrected chi connectivity index (χ0v) is 11.4. The van der Waals surface area contributed by atoms with Crippen LogP contribution in [0.3, 0.4) is 0 Å². The fraction of sp³-hybridized carbons (Fsp3) is 1.00. The van der Waals surface area contributed by atoms with Crippen LogP contribution in [0.25, 0.3) is 0 Å². The predicted molar refractivity (Wildman–Crippen MR) is 65.3 cm³/mol. The summed E-state index contributed by atoms with van der Waals surface area (Å²) in [7, 11) is 1.76. The van der Waals surface area contributed by atoms with E-state index < -0.39 is 24.2 Å². The number of hydrogen-bond donors (Lipinski definition) is 1. The maximum atomic E-state index is 13.0. The number of nitrogens with zero attached hydrogens (tertiary/aromatic N) is 1. The van der Waals surface area contributed by atoms with Gasteiger partial charge < -0.3 is 5.11 Å². The van der Waals surface area contributed by atoms with Crippen LogP contribution >= 0.6 is 0 Å². The van der Waals surface area contributed by atoms with Crippen LogP contribution in [0.2, 0.25) is 0 Å². The van der Waals surface area contributed by atoms with E-state index in [-0.39, 0.29) is 25.3 Å². The fourth-order valence-electron chi connectivity index (χ4n) is 3.09. The number of aliphatic hydroxyl groups excluding tert-OH is 1. The number of alkyl halides is 3. The van der Waals surface area contributed by atoms with Crippen LogP contribution in [-0.2, 0) is 0 Å². The molecule has 1 rings (SSSR count). The van der Waals surface area contributed by atoms with Gasteiger partial charge in [-0.3, -0.25) is 4.90 Å². The van der Waals surface area contributed by atoms with Gasteiger partial charge in [0.25, 0.3) is 0 Å². The molecule has 0 spiro atoms. The normalized spacial score (nSPS) is 30.2. The van der Waals surface area contributed by atoms with Gasteiger partial charge in [0.15, 0.2) is 0 Å². The minimum absolute atomic E-state index is 0.0415. The molecule has 0 saturated heterocycles. The first-order valence-corrected chi connectivity index (χ1v) is 6.77. The third-order valence-electron chi connectivity index (χ3n) is 4.25. The largest absolute Gasteiger partial charge is 0.393 e. The summed E-state index contributed by atoms with van der Waals surface area (Å²) in [6.07, 6.45) is -2.54. The molecule has 3 atom stereocenters. The minimum atomic E-state index is -4.16. The predicted octanol–water partition coefficient (Wildman–Crippen LogP) is 3.20. The highest BCUT2D eigenvalue weighted by molar-refractivity contribution is 4.91. The molecule has 0 radical (unpaired) electrons. The van der Waals surface area contributed by atoms with Crippen LogP contribution in [0.4, 0.5) is 13.2 Å². The highest BCUT2D eigenvalue weighted by atomic mass is 19.4. The van der Waals surface area contributed by atoms with Gasteiger partial charge in [-0.2, -0.15) is 13.2 Å². The summed E-state index contributed by atoms with van der Waals surface area (Å²) in [5.74, 6) is -1.30. The van der Waals surface area contributed by atoms with Gasteiger partial charge >= 0.3 is 6.18 Å². The Morgan fingerprint density at radius 2 is 1.78 bits per heavy atom. The lowest BCUT2D eigenvalue weighted by Crippen LogP contribution is -2.52. The molecule has 1 saturated carbocycles. The summed E-state index contributed by atoms with van der Waals surface area (Å²) < 4.78 is 39.1. The summed E-state index contributed by atoms with van der Waals surface area (Å²) >= 11 is 0. The molecule has 1 fully saturated rings. The zero-order valence-electron chi connectivity index (χ0n) is 11.4. The Morgan fingerprint density at radius 1 is 1.22 bits per heavy atom. The molecule has 108 valence electrons. The average Bonchev–Trinajstić information content (AvgIpc) is 2.28. The molecule has 0 amide bonds. The van der Waals surface area contributed by atoms with Crippen molar-refractivity contribution in [1.29, 1.82) is 0 Å². The minimum Gasteiger partial charge on any atom is -0.393 e. The first-order chi connectivity index (χ1) is 8.31. The fourth-order valence-corrected chi connectivity index (χ4v) is 3.09. The topological polar surface area (TPSA) is 23.5 Å². The summed E-state index contributed by atoms with van der Waals surface area (Å²) in [6.45, 7) is 3.99. The van der Waals surface area contributed by atoms with Crippen molar-refractivity contribution in [3.63, 3.8) is 0 Å². The lowest BCUT2D eigenvalue weighted by molar-refractivity contribution is -0.205. The maximum Gasteiger partial charge on any atom is 0.393 e. The summed E-state index contributed by atoms with van der Waals surface area (Å²) in [5, 5.41) is 9.65. The lowest BCUT2D eigenvalue weighted by atomic mass is 9.81. The van der Waals surface area contributed by atoms with E-state index in [9.17, 15) is 18.3 Å². The number of hydrogen-bond acceptors (Lipinski definition) is 2. The van der Waals surface area contributed by atoms with E-state index in [1.807, 2.05) is 18.7 Å². The lowest BCUT2D eigenvalue weighted by Gasteiger charge is -2.43. The van der Waals surface area contributed by atoms with Gasteiger partial charge in [-0.05, 0) is 39.2 Å². The van der Waals surface area contributed by atoms with Crippen molar-refractivity contribution in [3.8, 4) is 0 Å². The van der Waals surface area contributed by atoms with E-state index >= 15 is 0 Å². The Bertz CT molecular complexity index is 253. The second-order valence-corrected chi connectivity index (χ2v) is 5.32. The number of halogens is 3. The molecule has 0 aromatic heterocycles. The average molecular weight is 267 g/mol. The highest BCUT2D eigenvalue weighted by Crippen LogP contribution is 2.40. The number of aliphatic hydroxyl groups is 1. The second-order valence-electron chi connectivity index (χ2n) is 5.32. The summed E-state index contributed by atoms with van der Waals surface area (Å²) in [4.78, 5) is 1.83. The van der Waals surface area contributed by atoms with E-state index in [0.29, 0.717) is 0 Å². The Morgan fingerprint density at radius 3 is 2.22 bits per heavy atom. The van der Waals surface area contributed by atoms with Gasteiger partial charge in [-0.1, -0.05) is 13.8 Å². The molecule has 18 heavy (non-hydrogen) atoms. The Kier molecular flexibility index (Phi) is 5.46. The molecule has 1 aliphatic carbocycles. The van der Waals surface area contributed by atoms with Crippen LogP contribution < -0.4 is 0 Å². The molecule has 2 nitrogen and oxygen atoms in total. The van der Waals surface area contributed by atoms with E-state index in [4.69, 9.17) is 0 Å². The third-order valence-corrected chi connectivity index (χ3v) is 4.25. The van der Waals surface area contributed by atoms with Crippen LogP contribution in [0, 0.1) is 5.92 Å². The molecule has 5 heteroatoms. The van der Waals surface area contributed by atoms with Crippen LogP contribution in [0.1, 0.15) is 46.0 Å². The molecule has 1 aliphatic rings.